The van der Waals surface area contributed by atoms with Gasteiger partial charge >= 0.3 is 12.0 Å². The molecule has 5 nitrogen and oxygen atoms in total. The molecule has 106 valence electrons. The molecule has 0 saturated heterocycles. The molecule has 2 aliphatic carbocycles. The lowest BCUT2D eigenvalue weighted by Gasteiger charge is -2.38. The molecule has 1 saturated carbocycles. The van der Waals surface area contributed by atoms with Crippen molar-refractivity contribution in [3.8, 4) is 0 Å². The van der Waals surface area contributed by atoms with E-state index in [0.29, 0.717) is 25.3 Å². The Balaban J connectivity index is 1.50. The number of carboxylic acid groups (broad SMARTS) is 1. The molecule has 1 unspecified atom stereocenters. The van der Waals surface area contributed by atoms with E-state index in [0.717, 1.165) is 12.8 Å². The summed E-state index contributed by atoms with van der Waals surface area (Å²) in [6.07, 6.45) is 2.85. The van der Waals surface area contributed by atoms with Gasteiger partial charge in [-0.05, 0) is 36.8 Å². The standard InChI is InChI=1S/C15H18N2O3/c18-13(19)15(6-3-7-15)17-14(20)16-9-11-8-10-4-1-2-5-12(10)11/h1-2,4-5,11H,3,6-9H2,(H,18,19)(H2,16,17,20). The van der Waals surface area contributed by atoms with Crippen molar-refractivity contribution >= 4 is 12.0 Å². The van der Waals surface area contributed by atoms with Gasteiger partial charge < -0.3 is 15.7 Å². The summed E-state index contributed by atoms with van der Waals surface area (Å²) >= 11 is 0. The third-order valence-electron chi connectivity index (χ3n) is 4.44. The molecule has 0 aromatic heterocycles. The van der Waals surface area contributed by atoms with Gasteiger partial charge in [0.05, 0.1) is 0 Å². The second-order valence-corrected chi connectivity index (χ2v) is 5.68. The fourth-order valence-corrected chi connectivity index (χ4v) is 2.94. The van der Waals surface area contributed by atoms with Crippen LogP contribution in [-0.4, -0.2) is 29.2 Å². The number of carbonyl (C=O) groups is 2. The molecule has 0 bridgehead atoms. The van der Waals surface area contributed by atoms with E-state index in [9.17, 15) is 9.59 Å². The number of amides is 2. The fourth-order valence-electron chi connectivity index (χ4n) is 2.94. The highest BCUT2D eigenvalue weighted by atomic mass is 16.4. The molecule has 0 aliphatic heterocycles. The Hall–Kier alpha value is -2.04. The first kappa shape index (κ1) is 13.0. The number of hydrogen-bond acceptors (Lipinski definition) is 2. The lowest BCUT2D eigenvalue weighted by Crippen LogP contribution is -2.61. The third kappa shape index (κ3) is 2.13. The quantitative estimate of drug-likeness (QED) is 0.781. The van der Waals surface area contributed by atoms with E-state index >= 15 is 0 Å². The van der Waals surface area contributed by atoms with Crippen molar-refractivity contribution in [2.45, 2.75) is 37.1 Å². The van der Waals surface area contributed by atoms with E-state index in [2.05, 4.69) is 22.8 Å². The van der Waals surface area contributed by atoms with Crippen molar-refractivity contribution in [1.82, 2.24) is 10.6 Å². The largest absolute Gasteiger partial charge is 0.480 e. The Morgan fingerprint density at radius 3 is 2.65 bits per heavy atom. The molecule has 1 fully saturated rings. The summed E-state index contributed by atoms with van der Waals surface area (Å²) in [6.45, 7) is 0.554. The number of nitrogens with one attached hydrogen (secondary N) is 2. The van der Waals surface area contributed by atoms with Crippen LogP contribution in [0, 0.1) is 0 Å². The zero-order valence-electron chi connectivity index (χ0n) is 11.2. The summed E-state index contributed by atoms with van der Waals surface area (Å²) < 4.78 is 0. The van der Waals surface area contributed by atoms with Crippen LogP contribution in [0.5, 0.6) is 0 Å². The van der Waals surface area contributed by atoms with Crippen molar-refractivity contribution in [2.24, 2.45) is 0 Å². The minimum Gasteiger partial charge on any atom is -0.480 e. The smallest absolute Gasteiger partial charge is 0.329 e. The normalized spacial score (nSPS) is 21.9. The zero-order chi connectivity index (χ0) is 14.2. The molecule has 3 rings (SSSR count). The number of hydrogen-bond donors (Lipinski definition) is 3. The Bertz CT molecular complexity index is 552. The topological polar surface area (TPSA) is 78.4 Å². The number of aliphatic carboxylic acids is 1. The summed E-state index contributed by atoms with van der Waals surface area (Å²) in [5.41, 5.74) is 1.58. The summed E-state index contributed by atoms with van der Waals surface area (Å²) in [7, 11) is 0. The summed E-state index contributed by atoms with van der Waals surface area (Å²) in [5, 5.41) is 14.6. The maximum absolute atomic E-state index is 11.8. The van der Waals surface area contributed by atoms with Gasteiger partial charge in [-0.3, -0.25) is 0 Å². The number of fused-ring (bicyclic) bond motifs is 1. The molecule has 20 heavy (non-hydrogen) atoms. The molecule has 0 spiro atoms. The maximum atomic E-state index is 11.8. The maximum Gasteiger partial charge on any atom is 0.329 e. The summed E-state index contributed by atoms with van der Waals surface area (Å²) in [5.74, 6) is -0.591. The van der Waals surface area contributed by atoms with Crippen LogP contribution in [0.4, 0.5) is 4.79 Å². The van der Waals surface area contributed by atoms with Crippen LogP contribution in [0.1, 0.15) is 36.3 Å². The van der Waals surface area contributed by atoms with Gasteiger partial charge in [0.2, 0.25) is 0 Å². The Labute approximate surface area is 117 Å². The first-order chi connectivity index (χ1) is 9.61. The number of benzene rings is 1. The minimum atomic E-state index is -1.04. The molecule has 3 N–H and O–H groups in total. The molecule has 1 aromatic carbocycles. The second-order valence-electron chi connectivity index (χ2n) is 5.68. The SMILES string of the molecule is O=C(NCC1Cc2ccccc21)NC1(C(=O)O)CCC1. The van der Waals surface area contributed by atoms with Crippen LogP contribution in [0.3, 0.4) is 0 Å². The van der Waals surface area contributed by atoms with Gasteiger partial charge in [-0.15, -0.1) is 0 Å². The zero-order valence-corrected chi connectivity index (χ0v) is 11.2. The molecule has 0 radical (unpaired) electrons. The predicted octanol–water partition coefficient (Wildman–Crippen LogP) is 1.63. The van der Waals surface area contributed by atoms with Gasteiger partial charge in [0, 0.05) is 12.5 Å². The van der Waals surface area contributed by atoms with E-state index in [1.807, 2.05) is 12.1 Å². The van der Waals surface area contributed by atoms with Crippen molar-refractivity contribution in [2.75, 3.05) is 6.54 Å². The van der Waals surface area contributed by atoms with Crippen molar-refractivity contribution in [1.29, 1.82) is 0 Å². The van der Waals surface area contributed by atoms with Gasteiger partial charge in [0.15, 0.2) is 0 Å². The molecule has 1 atom stereocenters. The van der Waals surface area contributed by atoms with Gasteiger partial charge in [0.1, 0.15) is 5.54 Å². The molecule has 5 heteroatoms. The minimum absolute atomic E-state index is 0.346. The second kappa shape index (κ2) is 4.81. The first-order valence-corrected chi connectivity index (χ1v) is 6.98. The highest BCUT2D eigenvalue weighted by Gasteiger charge is 2.45. The van der Waals surface area contributed by atoms with E-state index in [1.165, 1.54) is 11.1 Å². The van der Waals surface area contributed by atoms with E-state index in [-0.39, 0.29) is 6.03 Å². The lowest BCUT2D eigenvalue weighted by molar-refractivity contribution is -0.148. The number of carbonyl (C=O) groups excluding carboxylic acids is 1. The van der Waals surface area contributed by atoms with Crippen LogP contribution in [0.25, 0.3) is 0 Å². The molecule has 2 aliphatic rings. The third-order valence-corrected chi connectivity index (χ3v) is 4.44. The summed E-state index contributed by atoms with van der Waals surface area (Å²) in [4.78, 5) is 23.0. The van der Waals surface area contributed by atoms with Gasteiger partial charge in [-0.2, -0.15) is 0 Å². The molecular weight excluding hydrogens is 256 g/mol. The van der Waals surface area contributed by atoms with Crippen LogP contribution < -0.4 is 10.6 Å². The van der Waals surface area contributed by atoms with Crippen LogP contribution >= 0.6 is 0 Å². The van der Waals surface area contributed by atoms with E-state index in [1.54, 1.807) is 0 Å². The highest BCUT2D eigenvalue weighted by molar-refractivity contribution is 5.87. The number of carboxylic acids is 1. The molecule has 2 amide bonds. The number of rotatable bonds is 4. The summed E-state index contributed by atoms with van der Waals surface area (Å²) in [6, 6.07) is 7.81. The van der Waals surface area contributed by atoms with Crippen molar-refractivity contribution in [3.63, 3.8) is 0 Å². The molecule has 1 aromatic rings. The first-order valence-electron chi connectivity index (χ1n) is 6.98. The Kier molecular flexibility index (Phi) is 3.12. The predicted molar refractivity (Wildman–Crippen MR) is 73.6 cm³/mol. The Morgan fingerprint density at radius 2 is 2.05 bits per heavy atom. The monoisotopic (exact) mass is 274 g/mol. The van der Waals surface area contributed by atoms with Crippen LogP contribution in [-0.2, 0) is 11.2 Å². The van der Waals surface area contributed by atoms with E-state index in [4.69, 9.17) is 5.11 Å². The molecule has 0 heterocycles. The average molecular weight is 274 g/mol. The fraction of sp³-hybridized carbons (Fsp3) is 0.467. The highest BCUT2D eigenvalue weighted by Crippen LogP contribution is 2.34. The van der Waals surface area contributed by atoms with Gasteiger partial charge in [0.25, 0.3) is 0 Å². The lowest BCUT2D eigenvalue weighted by atomic mass is 9.76. The number of urea groups is 1. The van der Waals surface area contributed by atoms with Gasteiger partial charge in [-0.1, -0.05) is 24.3 Å². The molecular formula is C15H18N2O3. The van der Waals surface area contributed by atoms with Crippen molar-refractivity contribution in [3.05, 3.63) is 35.4 Å². The van der Waals surface area contributed by atoms with E-state index < -0.39 is 11.5 Å². The van der Waals surface area contributed by atoms with Crippen LogP contribution in [0.2, 0.25) is 0 Å². The van der Waals surface area contributed by atoms with Crippen LogP contribution in [0.15, 0.2) is 24.3 Å². The Morgan fingerprint density at radius 1 is 1.30 bits per heavy atom. The van der Waals surface area contributed by atoms with Gasteiger partial charge in [-0.25, -0.2) is 9.59 Å². The average Bonchev–Trinajstić information content (AvgIpc) is 2.34. The van der Waals surface area contributed by atoms with Crippen molar-refractivity contribution < 1.29 is 14.7 Å².